The van der Waals surface area contributed by atoms with E-state index in [1.807, 2.05) is 11.3 Å². The number of hydrogen-bond donors (Lipinski definition) is 0. The molecule has 0 fully saturated rings. The third kappa shape index (κ3) is 5.42. The van der Waals surface area contributed by atoms with Crippen molar-refractivity contribution in [3.05, 3.63) is 200 Å². The van der Waals surface area contributed by atoms with Crippen LogP contribution in [-0.2, 0) is 0 Å². The van der Waals surface area contributed by atoms with Gasteiger partial charge in [-0.2, -0.15) is 0 Å². The summed E-state index contributed by atoms with van der Waals surface area (Å²) in [6.45, 7) is 0. The van der Waals surface area contributed by atoms with Gasteiger partial charge < -0.3 is 4.90 Å². The Kier molecular flexibility index (Phi) is 7.41. The molecular formula is C50H33NS. The van der Waals surface area contributed by atoms with Gasteiger partial charge in [0, 0.05) is 37.2 Å². The summed E-state index contributed by atoms with van der Waals surface area (Å²) in [6.07, 6.45) is 0. The number of para-hydroxylation sites is 1. The second kappa shape index (κ2) is 12.7. The van der Waals surface area contributed by atoms with E-state index in [4.69, 9.17) is 0 Å². The third-order valence-corrected chi connectivity index (χ3v) is 11.4. The van der Waals surface area contributed by atoms with Crippen LogP contribution in [0.5, 0.6) is 0 Å². The van der Waals surface area contributed by atoms with Crippen LogP contribution >= 0.6 is 11.3 Å². The molecule has 1 aromatic heterocycles. The van der Waals surface area contributed by atoms with E-state index in [0.29, 0.717) is 0 Å². The lowest BCUT2D eigenvalue weighted by atomic mass is 9.96. The van der Waals surface area contributed by atoms with E-state index < -0.39 is 0 Å². The highest BCUT2D eigenvalue weighted by molar-refractivity contribution is 7.25. The number of benzene rings is 9. The summed E-state index contributed by atoms with van der Waals surface area (Å²) >= 11 is 1.86. The molecule has 0 aliphatic heterocycles. The van der Waals surface area contributed by atoms with Crippen molar-refractivity contribution < 1.29 is 0 Å². The quantitative estimate of drug-likeness (QED) is 0.169. The van der Waals surface area contributed by atoms with Crippen LogP contribution in [0.1, 0.15) is 0 Å². The predicted octanol–water partition coefficient (Wildman–Crippen LogP) is 14.8. The average molecular weight is 680 g/mol. The normalized spacial score (nSPS) is 11.5. The molecule has 0 radical (unpaired) electrons. The van der Waals surface area contributed by atoms with Gasteiger partial charge in [-0.05, 0) is 122 Å². The Balaban J connectivity index is 0.998. The molecule has 0 bridgehead atoms. The summed E-state index contributed by atoms with van der Waals surface area (Å²) in [7, 11) is 0. The van der Waals surface area contributed by atoms with Gasteiger partial charge in [0.2, 0.25) is 0 Å². The first-order chi connectivity index (χ1) is 25.7. The smallest absolute Gasteiger partial charge is 0.0468 e. The molecular weight excluding hydrogens is 647 g/mol. The Morgan fingerprint density at radius 1 is 0.308 bits per heavy atom. The zero-order chi connectivity index (χ0) is 34.4. The molecule has 0 saturated heterocycles. The summed E-state index contributed by atoms with van der Waals surface area (Å²) in [5.74, 6) is 0. The molecule has 0 aliphatic rings. The number of rotatable bonds is 6. The molecule has 10 rings (SSSR count). The highest BCUT2D eigenvalue weighted by Gasteiger charge is 2.15. The lowest BCUT2D eigenvalue weighted by molar-refractivity contribution is 1.29. The minimum atomic E-state index is 1.12. The second-order valence-electron chi connectivity index (χ2n) is 13.4. The van der Waals surface area contributed by atoms with Crippen LogP contribution in [0.4, 0.5) is 17.1 Å². The van der Waals surface area contributed by atoms with Gasteiger partial charge in [-0.25, -0.2) is 0 Å². The van der Waals surface area contributed by atoms with Gasteiger partial charge in [-0.3, -0.25) is 0 Å². The number of anilines is 3. The Hall–Kier alpha value is -6.48. The van der Waals surface area contributed by atoms with Crippen molar-refractivity contribution in [2.24, 2.45) is 0 Å². The van der Waals surface area contributed by atoms with Crippen LogP contribution in [0.3, 0.4) is 0 Å². The van der Waals surface area contributed by atoms with Crippen LogP contribution in [0, 0.1) is 0 Å². The maximum Gasteiger partial charge on any atom is 0.0468 e. The molecule has 0 atom stereocenters. The summed E-state index contributed by atoms with van der Waals surface area (Å²) in [4.78, 5) is 2.35. The fourth-order valence-electron chi connectivity index (χ4n) is 7.63. The van der Waals surface area contributed by atoms with Gasteiger partial charge in [-0.1, -0.05) is 133 Å². The van der Waals surface area contributed by atoms with Gasteiger partial charge in [0.05, 0.1) is 0 Å². The topological polar surface area (TPSA) is 3.24 Å². The number of hydrogen-bond acceptors (Lipinski definition) is 2. The molecule has 1 heterocycles. The maximum absolute atomic E-state index is 2.35. The van der Waals surface area contributed by atoms with Crippen molar-refractivity contribution in [2.45, 2.75) is 0 Å². The Labute approximate surface area is 307 Å². The van der Waals surface area contributed by atoms with Crippen LogP contribution in [0.2, 0.25) is 0 Å². The van der Waals surface area contributed by atoms with Crippen molar-refractivity contribution in [1.82, 2.24) is 0 Å². The van der Waals surface area contributed by atoms with E-state index in [1.165, 1.54) is 75.1 Å². The molecule has 9 aromatic carbocycles. The summed E-state index contributed by atoms with van der Waals surface area (Å²) in [5.41, 5.74) is 10.8. The first-order valence-electron chi connectivity index (χ1n) is 17.7. The van der Waals surface area contributed by atoms with E-state index in [9.17, 15) is 0 Å². The summed E-state index contributed by atoms with van der Waals surface area (Å²) in [6, 6.07) is 72.9. The van der Waals surface area contributed by atoms with Gasteiger partial charge in [-0.15, -0.1) is 11.3 Å². The fourth-order valence-corrected chi connectivity index (χ4v) is 8.76. The highest BCUT2D eigenvalue weighted by atomic mass is 32.1. The van der Waals surface area contributed by atoms with E-state index in [-0.39, 0.29) is 0 Å². The molecule has 1 nitrogen and oxygen atoms in total. The van der Waals surface area contributed by atoms with Crippen molar-refractivity contribution in [3.8, 4) is 33.4 Å². The van der Waals surface area contributed by atoms with Gasteiger partial charge in [0.15, 0.2) is 0 Å². The van der Waals surface area contributed by atoms with E-state index in [0.717, 1.165) is 17.1 Å². The molecule has 0 spiro atoms. The highest BCUT2D eigenvalue weighted by Crippen LogP contribution is 2.42. The average Bonchev–Trinajstić information content (AvgIpc) is 3.60. The zero-order valence-electron chi connectivity index (χ0n) is 28.4. The van der Waals surface area contributed by atoms with Gasteiger partial charge in [0.1, 0.15) is 0 Å². The SMILES string of the molecule is c1ccc(N(c2ccc(-c3cccc4sc5ccccc5c34)cc2)c2ccc3cc(-c4cccc(-c5ccc6ccccc6c5)c4)ccc3c2)cc1. The van der Waals surface area contributed by atoms with Gasteiger partial charge in [0.25, 0.3) is 0 Å². The molecule has 0 unspecified atom stereocenters. The molecule has 0 aliphatic carbocycles. The van der Waals surface area contributed by atoms with Crippen molar-refractivity contribution in [2.75, 3.05) is 4.90 Å². The molecule has 244 valence electrons. The molecule has 2 heteroatoms. The van der Waals surface area contributed by atoms with Crippen molar-refractivity contribution in [3.63, 3.8) is 0 Å². The lowest BCUT2D eigenvalue weighted by Crippen LogP contribution is -2.09. The molecule has 0 amide bonds. The molecule has 0 N–H and O–H groups in total. The maximum atomic E-state index is 2.35. The number of fused-ring (bicyclic) bond motifs is 5. The monoisotopic (exact) mass is 679 g/mol. The minimum Gasteiger partial charge on any atom is -0.310 e. The Morgan fingerprint density at radius 2 is 0.846 bits per heavy atom. The summed E-state index contributed by atoms with van der Waals surface area (Å²) in [5, 5.41) is 7.62. The lowest BCUT2D eigenvalue weighted by Gasteiger charge is -2.26. The number of thiophene rings is 1. The van der Waals surface area contributed by atoms with E-state index >= 15 is 0 Å². The van der Waals surface area contributed by atoms with Crippen LogP contribution in [0.15, 0.2) is 200 Å². The number of nitrogens with zero attached hydrogens (tertiary/aromatic N) is 1. The zero-order valence-corrected chi connectivity index (χ0v) is 29.2. The first-order valence-corrected chi connectivity index (χ1v) is 18.6. The Bertz CT molecular complexity index is 2900. The first kappa shape index (κ1) is 30.4. The van der Waals surface area contributed by atoms with E-state index in [1.54, 1.807) is 0 Å². The standard InChI is InChI=1S/C50H33NS/c1-2-14-43(15-3-1)51(44-27-24-35(25-28-44)46-17-9-19-49-50(46)47-16-6-7-18-48(47)52-49)45-29-26-41-32-40(22-23-42(41)33-45)38-13-8-12-37(31-38)39-21-20-34-10-4-5-11-36(34)30-39/h1-33H. The van der Waals surface area contributed by atoms with Crippen LogP contribution in [-0.4, -0.2) is 0 Å². The molecule has 0 saturated carbocycles. The predicted molar refractivity (Wildman–Crippen MR) is 225 cm³/mol. The van der Waals surface area contributed by atoms with Crippen LogP contribution in [0.25, 0.3) is 75.1 Å². The van der Waals surface area contributed by atoms with Crippen molar-refractivity contribution in [1.29, 1.82) is 0 Å². The molecule has 52 heavy (non-hydrogen) atoms. The molecule has 10 aromatic rings. The van der Waals surface area contributed by atoms with Crippen molar-refractivity contribution >= 4 is 70.1 Å². The van der Waals surface area contributed by atoms with Gasteiger partial charge >= 0.3 is 0 Å². The third-order valence-electron chi connectivity index (χ3n) is 10.2. The summed E-state index contributed by atoms with van der Waals surface area (Å²) < 4.78 is 2.65. The van der Waals surface area contributed by atoms with E-state index in [2.05, 4.69) is 205 Å². The van der Waals surface area contributed by atoms with Crippen LogP contribution < -0.4 is 4.90 Å². The minimum absolute atomic E-state index is 1.12. The largest absolute Gasteiger partial charge is 0.310 e. The second-order valence-corrected chi connectivity index (χ2v) is 14.5. The Morgan fingerprint density at radius 3 is 1.65 bits per heavy atom. The fraction of sp³-hybridized carbons (Fsp3) is 0.